The van der Waals surface area contributed by atoms with E-state index in [9.17, 15) is 14.4 Å². The van der Waals surface area contributed by atoms with Crippen molar-refractivity contribution in [1.82, 2.24) is 10.2 Å². The summed E-state index contributed by atoms with van der Waals surface area (Å²) in [6, 6.07) is 11.2. The Morgan fingerprint density at radius 1 is 1.09 bits per heavy atom. The second-order valence-electron chi connectivity index (χ2n) is 14.5. The molecule has 0 spiro atoms. The maximum atomic E-state index is 16.2. The number of ether oxygens (including phenoxy) is 4. The highest BCUT2D eigenvalue weighted by atomic mass is 35.5. The minimum Gasteiger partial charge on any atom is -0.495 e. The van der Waals surface area contributed by atoms with Crippen molar-refractivity contribution in [3.63, 3.8) is 0 Å². The van der Waals surface area contributed by atoms with Crippen LogP contribution in [0.2, 0.25) is 10.0 Å². The Balaban J connectivity index is 1.49. The number of esters is 1. The SMILES string of the molecule is C=NC[C@]1(c2ccc(Cl)cc2F)[C@H](CC(C)(C)C)N[C@@H](C(=O)Nc2ccc(C(=O)O[C@@H](C)OC(=O)N3CCOCC3)cc2OC)[C@@H]1c1cccc(Cl)c1F. The van der Waals surface area contributed by atoms with Crippen LogP contribution < -0.4 is 15.4 Å². The highest BCUT2D eigenvalue weighted by Crippen LogP contribution is 2.53. The Hall–Kier alpha value is -4.30. The number of halogens is 4. The molecule has 2 aliphatic heterocycles. The fourth-order valence-electron chi connectivity index (χ4n) is 7.31. The molecule has 0 aromatic heterocycles. The summed E-state index contributed by atoms with van der Waals surface area (Å²) in [6.45, 7) is 12.6. The third kappa shape index (κ3) is 8.80. The number of benzene rings is 3. The van der Waals surface area contributed by atoms with Crippen LogP contribution in [0.4, 0.5) is 19.3 Å². The van der Waals surface area contributed by atoms with Crippen molar-refractivity contribution in [2.24, 2.45) is 10.4 Å². The highest BCUT2D eigenvalue weighted by Gasteiger charge is 2.60. The molecular weight excluding hydrogens is 745 g/mol. The number of hydrogen-bond acceptors (Lipinski definition) is 9. The van der Waals surface area contributed by atoms with Crippen LogP contribution in [0.3, 0.4) is 0 Å². The van der Waals surface area contributed by atoms with Crippen molar-refractivity contribution in [3.05, 3.63) is 93.0 Å². The third-order valence-electron chi connectivity index (χ3n) is 9.62. The average Bonchev–Trinajstić information content (AvgIpc) is 3.42. The number of nitrogens with zero attached hydrogens (tertiary/aromatic N) is 2. The molecule has 290 valence electrons. The van der Waals surface area contributed by atoms with E-state index in [1.807, 2.05) is 20.8 Å². The lowest BCUT2D eigenvalue weighted by molar-refractivity contribution is -0.118. The van der Waals surface area contributed by atoms with Crippen LogP contribution in [0.1, 0.15) is 61.5 Å². The first-order chi connectivity index (χ1) is 25.6. The van der Waals surface area contributed by atoms with Crippen molar-refractivity contribution in [2.45, 2.75) is 63.8 Å². The number of hydrogen-bond donors (Lipinski definition) is 2. The second kappa shape index (κ2) is 17.0. The van der Waals surface area contributed by atoms with Gasteiger partial charge in [-0.2, -0.15) is 0 Å². The predicted molar refractivity (Wildman–Crippen MR) is 202 cm³/mol. The molecule has 2 fully saturated rings. The van der Waals surface area contributed by atoms with Crippen LogP contribution in [0.25, 0.3) is 0 Å². The van der Waals surface area contributed by atoms with Crippen molar-refractivity contribution < 1.29 is 42.1 Å². The van der Waals surface area contributed by atoms with E-state index in [0.717, 1.165) is 0 Å². The van der Waals surface area contributed by atoms with E-state index in [2.05, 4.69) is 22.3 Å². The monoisotopic (exact) mass is 788 g/mol. The third-order valence-corrected chi connectivity index (χ3v) is 10.1. The number of carbonyl (C=O) groups excluding carboxylic acids is 3. The van der Waals surface area contributed by atoms with E-state index in [1.54, 1.807) is 18.2 Å². The lowest BCUT2D eigenvalue weighted by Gasteiger charge is -2.42. The van der Waals surface area contributed by atoms with Crippen LogP contribution in [0.5, 0.6) is 5.75 Å². The number of amides is 2. The van der Waals surface area contributed by atoms with E-state index >= 15 is 8.78 Å². The fourth-order valence-corrected chi connectivity index (χ4v) is 7.65. The number of nitrogens with one attached hydrogen (secondary N) is 2. The van der Waals surface area contributed by atoms with Gasteiger partial charge < -0.3 is 34.5 Å². The quantitative estimate of drug-likeness (QED) is 0.117. The number of rotatable bonds is 11. The van der Waals surface area contributed by atoms with Gasteiger partial charge in [-0.1, -0.05) is 62.2 Å². The number of anilines is 1. The average molecular weight is 790 g/mol. The Bertz CT molecular complexity index is 1890. The summed E-state index contributed by atoms with van der Waals surface area (Å²) in [6.07, 6.45) is -1.41. The first kappa shape index (κ1) is 40.9. The molecule has 2 aliphatic rings. The van der Waals surface area contributed by atoms with Crippen molar-refractivity contribution in [3.8, 4) is 5.75 Å². The predicted octanol–water partition coefficient (Wildman–Crippen LogP) is 7.39. The molecule has 2 amide bonds. The van der Waals surface area contributed by atoms with Gasteiger partial charge in [0.15, 0.2) is 0 Å². The summed E-state index contributed by atoms with van der Waals surface area (Å²) in [5, 5.41) is 6.29. The molecule has 2 saturated heterocycles. The zero-order chi connectivity index (χ0) is 39.4. The van der Waals surface area contributed by atoms with E-state index in [4.69, 9.17) is 42.1 Å². The summed E-state index contributed by atoms with van der Waals surface area (Å²) in [4.78, 5) is 45.7. The van der Waals surface area contributed by atoms with Crippen molar-refractivity contribution >= 4 is 53.6 Å². The molecule has 0 radical (unpaired) electrons. The zero-order valence-electron chi connectivity index (χ0n) is 30.7. The molecule has 11 nitrogen and oxygen atoms in total. The molecule has 0 aliphatic carbocycles. The highest BCUT2D eigenvalue weighted by molar-refractivity contribution is 6.31. The molecule has 2 N–H and O–H groups in total. The van der Waals surface area contributed by atoms with Gasteiger partial charge in [0.1, 0.15) is 17.4 Å². The molecule has 5 rings (SSSR count). The Morgan fingerprint density at radius 2 is 1.81 bits per heavy atom. The largest absolute Gasteiger partial charge is 0.495 e. The standard InChI is InChI=1S/C39H44Cl2F2N4O7/c1-22(54-37(50)47-14-16-52-17-15-47)53-36(49)23-10-13-29(30(18-23)51-6)45-35(48)34-32(25-8-7-9-27(41)33(25)43)39(21-44-5,31(46-34)20-38(2,3)4)26-12-11-24(40)19-28(26)42/h7-13,18-19,22,31-32,34,46H,5,14-17,20-21H2,1-4,6H3,(H,45,48)/t22-,31+,32+,34-,39+/m1/s1. The van der Waals surface area contributed by atoms with Gasteiger partial charge in [0.05, 0.1) is 49.2 Å². The lowest BCUT2D eigenvalue weighted by atomic mass is 9.61. The summed E-state index contributed by atoms with van der Waals surface area (Å²) in [5.41, 5.74) is -1.19. The fraction of sp³-hybridized carbons (Fsp3) is 0.436. The zero-order valence-corrected chi connectivity index (χ0v) is 32.2. The Labute approximate surface area is 323 Å². The smallest absolute Gasteiger partial charge is 0.413 e. The van der Waals surface area contributed by atoms with Crippen LogP contribution in [0, 0.1) is 17.0 Å². The molecule has 3 aromatic rings. The summed E-state index contributed by atoms with van der Waals surface area (Å²) < 4.78 is 53.8. The number of methoxy groups -OCH3 is 1. The van der Waals surface area contributed by atoms with Gasteiger partial charge in [0.25, 0.3) is 0 Å². The van der Waals surface area contributed by atoms with Crippen LogP contribution >= 0.6 is 23.2 Å². The molecule has 15 heteroatoms. The summed E-state index contributed by atoms with van der Waals surface area (Å²) in [5.74, 6) is -3.77. The second-order valence-corrected chi connectivity index (χ2v) is 15.3. The molecule has 2 heterocycles. The van der Waals surface area contributed by atoms with E-state index in [0.29, 0.717) is 32.7 Å². The number of carbonyl (C=O) groups is 3. The molecule has 0 saturated carbocycles. The first-order valence-corrected chi connectivity index (χ1v) is 18.2. The van der Waals surface area contributed by atoms with E-state index in [-0.39, 0.29) is 50.1 Å². The molecule has 0 unspecified atom stereocenters. The Kier molecular flexibility index (Phi) is 12.9. The molecular formula is C39H44Cl2F2N4O7. The Morgan fingerprint density at radius 3 is 2.46 bits per heavy atom. The lowest BCUT2D eigenvalue weighted by Crippen LogP contribution is -2.48. The van der Waals surface area contributed by atoms with Gasteiger partial charge >= 0.3 is 12.1 Å². The topological polar surface area (TPSA) is 128 Å². The van der Waals surface area contributed by atoms with Gasteiger partial charge in [-0.15, -0.1) is 0 Å². The van der Waals surface area contributed by atoms with E-state index < -0.39 is 59.3 Å². The minimum atomic E-state index is -1.35. The van der Waals surface area contributed by atoms with Gasteiger partial charge in [0, 0.05) is 42.4 Å². The van der Waals surface area contributed by atoms with Gasteiger partial charge in [-0.25, -0.2) is 18.4 Å². The number of morpholine rings is 1. The maximum absolute atomic E-state index is 16.2. The summed E-state index contributed by atoms with van der Waals surface area (Å²) >= 11 is 12.5. The van der Waals surface area contributed by atoms with E-state index in [1.165, 1.54) is 55.3 Å². The van der Waals surface area contributed by atoms with Gasteiger partial charge in [0.2, 0.25) is 12.2 Å². The minimum absolute atomic E-state index is 0.0523. The molecule has 0 bridgehead atoms. The van der Waals surface area contributed by atoms with Crippen molar-refractivity contribution in [1.29, 1.82) is 0 Å². The van der Waals surface area contributed by atoms with Crippen LogP contribution in [0.15, 0.2) is 59.6 Å². The van der Waals surface area contributed by atoms with Gasteiger partial charge in [-0.05, 0) is 66.1 Å². The van der Waals surface area contributed by atoms with Gasteiger partial charge in [-0.3, -0.25) is 9.79 Å². The van der Waals surface area contributed by atoms with Crippen LogP contribution in [-0.4, -0.2) is 87.9 Å². The summed E-state index contributed by atoms with van der Waals surface area (Å²) in [7, 11) is 1.36. The molecule has 54 heavy (non-hydrogen) atoms. The molecule has 5 atom stereocenters. The maximum Gasteiger partial charge on any atom is 0.413 e. The van der Waals surface area contributed by atoms with Crippen LogP contribution in [-0.2, 0) is 24.4 Å². The van der Waals surface area contributed by atoms with Crippen molar-refractivity contribution in [2.75, 3.05) is 45.3 Å². The first-order valence-electron chi connectivity index (χ1n) is 17.4. The molecule has 3 aromatic carbocycles. The normalized spacial score (nSPS) is 21.9. The number of aliphatic imine (C=N–C) groups is 1.